The van der Waals surface area contributed by atoms with Crippen molar-refractivity contribution < 1.29 is 17.9 Å². The summed E-state index contributed by atoms with van der Waals surface area (Å²) >= 11 is 0. The van der Waals surface area contributed by atoms with E-state index in [1.54, 1.807) is 53.7 Å². The number of benzene rings is 1. The number of carbonyl (C=O) groups is 1. The molecule has 2 atom stereocenters. The largest absolute Gasteiger partial charge is 0.487 e. The number of carbonyl (C=O) groups excluding carboxylic acids is 1. The van der Waals surface area contributed by atoms with Crippen molar-refractivity contribution in [2.75, 3.05) is 19.6 Å². The number of rotatable bonds is 2. The number of pyridine rings is 1. The lowest BCUT2D eigenvalue weighted by molar-refractivity contribution is 0.0755. The number of para-hydroxylation sites is 1. The summed E-state index contributed by atoms with van der Waals surface area (Å²) in [5.41, 5.74) is 0.586. The predicted molar refractivity (Wildman–Crippen MR) is 104 cm³/mol. The SMILES string of the molecule is CCN1[C@@H]2CCN(C(=O)c3ccncc3)CC[C@H]2Oc2ccccc2S1(=O)=O. The first-order chi connectivity index (χ1) is 13.5. The molecule has 1 amide bonds. The summed E-state index contributed by atoms with van der Waals surface area (Å²) in [4.78, 5) is 18.8. The van der Waals surface area contributed by atoms with Crippen molar-refractivity contribution in [3.63, 3.8) is 0 Å². The zero-order valence-electron chi connectivity index (χ0n) is 15.7. The van der Waals surface area contributed by atoms with E-state index in [1.807, 2.05) is 6.92 Å². The van der Waals surface area contributed by atoms with Crippen molar-refractivity contribution in [3.8, 4) is 5.75 Å². The monoisotopic (exact) mass is 401 g/mol. The Morgan fingerprint density at radius 2 is 1.86 bits per heavy atom. The Labute approximate surface area is 165 Å². The lowest BCUT2D eigenvalue weighted by Crippen LogP contribution is -2.47. The molecule has 0 radical (unpaired) electrons. The summed E-state index contributed by atoms with van der Waals surface area (Å²) in [6, 6.07) is 9.87. The first-order valence-electron chi connectivity index (χ1n) is 9.49. The van der Waals surface area contributed by atoms with Gasteiger partial charge in [0, 0.05) is 44.0 Å². The molecule has 1 aromatic heterocycles. The van der Waals surface area contributed by atoms with Gasteiger partial charge in [-0.15, -0.1) is 0 Å². The van der Waals surface area contributed by atoms with Gasteiger partial charge in [0.15, 0.2) is 0 Å². The summed E-state index contributed by atoms with van der Waals surface area (Å²) in [7, 11) is -3.65. The van der Waals surface area contributed by atoms with Crippen LogP contribution in [0.25, 0.3) is 0 Å². The molecule has 1 aromatic carbocycles. The summed E-state index contributed by atoms with van der Waals surface area (Å²) in [6.07, 6.45) is 4.00. The van der Waals surface area contributed by atoms with E-state index in [2.05, 4.69) is 4.98 Å². The van der Waals surface area contributed by atoms with Crippen LogP contribution in [0.15, 0.2) is 53.7 Å². The highest BCUT2D eigenvalue weighted by Gasteiger charge is 2.42. The molecule has 2 aliphatic rings. The van der Waals surface area contributed by atoms with Crippen LogP contribution >= 0.6 is 0 Å². The Balaban J connectivity index is 1.64. The summed E-state index contributed by atoms with van der Waals surface area (Å²) in [5, 5.41) is 0. The summed E-state index contributed by atoms with van der Waals surface area (Å²) < 4.78 is 34.1. The number of sulfonamides is 1. The number of aromatic nitrogens is 1. The number of nitrogens with zero attached hydrogens (tertiary/aromatic N) is 3. The van der Waals surface area contributed by atoms with E-state index < -0.39 is 10.0 Å². The van der Waals surface area contributed by atoms with Gasteiger partial charge in [0.05, 0.1) is 6.04 Å². The molecule has 0 bridgehead atoms. The molecular weight excluding hydrogens is 378 g/mol. The van der Waals surface area contributed by atoms with Crippen LogP contribution in [0.4, 0.5) is 0 Å². The van der Waals surface area contributed by atoms with E-state index in [1.165, 1.54) is 4.31 Å². The minimum atomic E-state index is -3.65. The van der Waals surface area contributed by atoms with Gasteiger partial charge in [0.25, 0.3) is 5.91 Å². The third kappa shape index (κ3) is 3.27. The lowest BCUT2D eigenvalue weighted by atomic mass is 10.1. The van der Waals surface area contributed by atoms with Gasteiger partial charge in [-0.25, -0.2) is 8.42 Å². The maximum absolute atomic E-state index is 13.2. The average molecular weight is 401 g/mol. The number of hydrogen-bond acceptors (Lipinski definition) is 5. The van der Waals surface area contributed by atoms with Gasteiger partial charge >= 0.3 is 0 Å². The van der Waals surface area contributed by atoms with Gasteiger partial charge in [-0.05, 0) is 30.7 Å². The van der Waals surface area contributed by atoms with Crippen LogP contribution < -0.4 is 4.74 Å². The molecule has 7 nitrogen and oxygen atoms in total. The quantitative estimate of drug-likeness (QED) is 0.770. The molecular formula is C20H23N3O4S. The van der Waals surface area contributed by atoms with E-state index in [0.29, 0.717) is 43.8 Å². The Hall–Kier alpha value is -2.45. The van der Waals surface area contributed by atoms with Crippen LogP contribution in [0, 0.1) is 0 Å². The third-order valence-electron chi connectivity index (χ3n) is 5.42. The van der Waals surface area contributed by atoms with Gasteiger partial charge in [-0.3, -0.25) is 9.78 Å². The van der Waals surface area contributed by atoms with Crippen LogP contribution in [-0.2, 0) is 10.0 Å². The highest BCUT2D eigenvalue weighted by molar-refractivity contribution is 7.89. The number of hydrogen-bond donors (Lipinski definition) is 0. The minimum Gasteiger partial charge on any atom is -0.487 e. The second-order valence-corrected chi connectivity index (χ2v) is 8.84. The second kappa shape index (κ2) is 7.52. The van der Waals surface area contributed by atoms with Gasteiger partial charge in [-0.1, -0.05) is 19.1 Å². The van der Waals surface area contributed by atoms with E-state index in [0.717, 1.165) is 0 Å². The zero-order chi connectivity index (χ0) is 19.7. The molecule has 8 heteroatoms. The topological polar surface area (TPSA) is 79.8 Å². The molecule has 0 aliphatic carbocycles. The molecule has 0 N–H and O–H groups in total. The Bertz CT molecular complexity index is 964. The fourth-order valence-electron chi connectivity index (χ4n) is 4.04. The molecule has 2 aliphatic heterocycles. The maximum Gasteiger partial charge on any atom is 0.253 e. The fraction of sp³-hybridized carbons (Fsp3) is 0.400. The first kappa shape index (κ1) is 18.9. The average Bonchev–Trinajstić information content (AvgIpc) is 2.96. The van der Waals surface area contributed by atoms with Crippen molar-refractivity contribution in [2.45, 2.75) is 36.8 Å². The lowest BCUT2D eigenvalue weighted by Gasteiger charge is -2.30. The van der Waals surface area contributed by atoms with Crippen molar-refractivity contribution in [1.29, 1.82) is 0 Å². The Morgan fingerprint density at radius 3 is 2.61 bits per heavy atom. The first-order valence-corrected chi connectivity index (χ1v) is 10.9. The molecule has 0 unspecified atom stereocenters. The molecule has 3 heterocycles. The van der Waals surface area contributed by atoms with Crippen LogP contribution in [-0.4, -0.2) is 60.3 Å². The van der Waals surface area contributed by atoms with Crippen molar-refractivity contribution in [2.24, 2.45) is 0 Å². The fourth-order valence-corrected chi connectivity index (χ4v) is 5.85. The molecule has 4 rings (SSSR count). The van der Waals surface area contributed by atoms with Crippen LogP contribution in [0.2, 0.25) is 0 Å². The van der Waals surface area contributed by atoms with Crippen molar-refractivity contribution >= 4 is 15.9 Å². The molecule has 0 spiro atoms. The predicted octanol–water partition coefficient (Wildman–Crippen LogP) is 2.16. The Morgan fingerprint density at radius 1 is 1.14 bits per heavy atom. The van der Waals surface area contributed by atoms with E-state index in [-0.39, 0.29) is 22.9 Å². The smallest absolute Gasteiger partial charge is 0.253 e. The van der Waals surface area contributed by atoms with Crippen LogP contribution in [0.3, 0.4) is 0 Å². The maximum atomic E-state index is 13.2. The number of ether oxygens (including phenoxy) is 1. The van der Waals surface area contributed by atoms with E-state index in [9.17, 15) is 13.2 Å². The molecule has 0 saturated carbocycles. The molecule has 148 valence electrons. The Kier molecular flexibility index (Phi) is 5.07. The number of fused-ring (bicyclic) bond motifs is 2. The second-order valence-electron chi connectivity index (χ2n) is 6.98. The van der Waals surface area contributed by atoms with Gasteiger partial charge < -0.3 is 9.64 Å². The summed E-state index contributed by atoms with van der Waals surface area (Å²) in [6.45, 7) is 3.20. The van der Waals surface area contributed by atoms with E-state index >= 15 is 0 Å². The highest BCUT2D eigenvalue weighted by Crippen LogP contribution is 2.36. The number of amides is 1. The molecule has 1 fully saturated rings. The molecule has 1 saturated heterocycles. The van der Waals surface area contributed by atoms with E-state index in [4.69, 9.17) is 4.74 Å². The minimum absolute atomic E-state index is 0.0647. The van der Waals surface area contributed by atoms with Gasteiger partial charge in [0.1, 0.15) is 16.7 Å². The summed E-state index contributed by atoms with van der Waals surface area (Å²) in [5.74, 6) is 0.326. The third-order valence-corrected chi connectivity index (χ3v) is 7.46. The molecule has 28 heavy (non-hydrogen) atoms. The number of likely N-dealkylation sites (N-methyl/N-ethyl adjacent to an activating group) is 1. The van der Waals surface area contributed by atoms with Gasteiger partial charge in [0.2, 0.25) is 10.0 Å². The standard InChI is InChI=1S/C20H23N3O4S/c1-2-23-16-9-13-22(20(24)15-7-11-21-12-8-15)14-10-17(16)27-18-5-3-4-6-19(18)28(23,25)26/h3-8,11-12,16-17H,2,9-10,13-14H2,1H3/t16-,17-/m1/s1. The zero-order valence-corrected chi connectivity index (χ0v) is 16.5. The highest BCUT2D eigenvalue weighted by atomic mass is 32.2. The number of likely N-dealkylation sites (tertiary alicyclic amines) is 1. The van der Waals surface area contributed by atoms with Crippen LogP contribution in [0.5, 0.6) is 5.75 Å². The molecule has 2 aromatic rings. The van der Waals surface area contributed by atoms with Crippen molar-refractivity contribution in [3.05, 3.63) is 54.4 Å². The van der Waals surface area contributed by atoms with Crippen molar-refractivity contribution in [1.82, 2.24) is 14.2 Å². The normalized spacial score (nSPS) is 24.2. The van der Waals surface area contributed by atoms with Gasteiger partial charge in [-0.2, -0.15) is 4.31 Å². The van der Waals surface area contributed by atoms with Crippen LogP contribution in [0.1, 0.15) is 30.1 Å².